The van der Waals surface area contributed by atoms with Crippen LogP contribution in [0.25, 0.3) is 0 Å². The SMILES string of the molecule is CCNCc1ccc(S(=O)(=O)NC2CCOCC2)cc1Cl. The van der Waals surface area contributed by atoms with E-state index < -0.39 is 10.0 Å². The highest BCUT2D eigenvalue weighted by atomic mass is 35.5. The average Bonchev–Trinajstić information content (AvgIpc) is 2.46. The van der Waals surface area contributed by atoms with Crippen LogP contribution in [0.2, 0.25) is 5.02 Å². The highest BCUT2D eigenvalue weighted by molar-refractivity contribution is 7.89. The fraction of sp³-hybridized carbons (Fsp3) is 0.571. The van der Waals surface area contributed by atoms with Gasteiger partial charge in [0.25, 0.3) is 0 Å². The van der Waals surface area contributed by atoms with E-state index in [2.05, 4.69) is 10.0 Å². The number of hydrogen-bond acceptors (Lipinski definition) is 4. The van der Waals surface area contributed by atoms with E-state index in [1.807, 2.05) is 6.92 Å². The van der Waals surface area contributed by atoms with Crippen LogP contribution in [0, 0.1) is 0 Å². The van der Waals surface area contributed by atoms with Crippen molar-refractivity contribution in [1.29, 1.82) is 0 Å². The Hall–Kier alpha value is -0.660. The molecule has 0 bridgehead atoms. The van der Waals surface area contributed by atoms with Crippen molar-refractivity contribution in [1.82, 2.24) is 10.0 Å². The molecule has 1 aromatic carbocycles. The van der Waals surface area contributed by atoms with Gasteiger partial charge in [0, 0.05) is 30.8 Å². The smallest absolute Gasteiger partial charge is 0.240 e. The molecule has 2 N–H and O–H groups in total. The topological polar surface area (TPSA) is 67.4 Å². The second-order valence-corrected chi connectivity index (χ2v) is 7.16. The van der Waals surface area contributed by atoms with Crippen molar-refractivity contribution in [2.75, 3.05) is 19.8 Å². The van der Waals surface area contributed by atoms with E-state index in [0.717, 1.165) is 12.1 Å². The molecule has 1 aromatic rings. The van der Waals surface area contributed by atoms with Gasteiger partial charge in [0.05, 0.1) is 4.90 Å². The van der Waals surface area contributed by atoms with Gasteiger partial charge in [-0.3, -0.25) is 0 Å². The Balaban J connectivity index is 2.10. The molecule has 21 heavy (non-hydrogen) atoms. The molecule has 5 nitrogen and oxygen atoms in total. The molecule has 0 amide bonds. The van der Waals surface area contributed by atoms with Gasteiger partial charge < -0.3 is 10.1 Å². The Kier molecular flexibility index (Phi) is 6.01. The molecule has 0 saturated carbocycles. The molecule has 1 aliphatic rings. The minimum Gasteiger partial charge on any atom is -0.381 e. The molecule has 1 saturated heterocycles. The fourth-order valence-corrected chi connectivity index (χ4v) is 3.84. The fourth-order valence-electron chi connectivity index (χ4n) is 2.20. The van der Waals surface area contributed by atoms with Gasteiger partial charge in [-0.05, 0) is 37.1 Å². The zero-order chi connectivity index (χ0) is 15.3. The summed E-state index contributed by atoms with van der Waals surface area (Å²) in [5.41, 5.74) is 0.892. The molecule has 0 aliphatic carbocycles. The summed E-state index contributed by atoms with van der Waals surface area (Å²) in [5, 5.41) is 3.63. The molecule has 1 heterocycles. The van der Waals surface area contributed by atoms with E-state index >= 15 is 0 Å². The van der Waals surface area contributed by atoms with Gasteiger partial charge in [-0.1, -0.05) is 24.6 Å². The molecule has 118 valence electrons. The van der Waals surface area contributed by atoms with Crippen molar-refractivity contribution < 1.29 is 13.2 Å². The molecular formula is C14H21ClN2O3S. The Morgan fingerprint density at radius 1 is 1.33 bits per heavy atom. The van der Waals surface area contributed by atoms with Crippen LogP contribution in [0.15, 0.2) is 23.1 Å². The molecule has 0 radical (unpaired) electrons. The van der Waals surface area contributed by atoms with Crippen LogP contribution in [0.4, 0.5) is 0 Å². The number of benzene rings is 1. The van der Waals surface area contributed by atoms with Crippen LogP contribution < -0.4 is 10.0 Å². The van der Waals surface area contributed by atoms with Crippen LogP contribution in [-0.2, 0) is 21.3 Å². The van der Waals surface area contributed by atoms with Crippen molar-refractivity contribution in [3.8, 4) is 0 Å². The summed E-state index contributed by atoms with van der Waals surface area (Å²) in [6.45, 7) is 4.65. The Morgan fingerprint density at radius 2 is 2.05 bits per heavy atom. The molecular weight excluding hydrogens is 312 g/mol. The zero-order valence-corrected chi connectivity index (χ0v) is 13.6. The van der Waals surface area contributed by atoms with E-state index in [1.54, 1.807) is 12.1 Å². The lowest BCUT2D eigenvalue weighted by atomic mass is 10.1. The number of hydrogen-bond donors (Lipinski definition) is 2. The number of sulfonamides is 1. The summed E-state index contributed by atoms with van der Waals surface area (Å²) in [4.78, 5) is 0.208. The van der Waals surface area contributed by atoms with E-state index in [4.69, 9.17) is 16.3 Å². The van der Waals surface area contributed by atoms with Gasteiger partial charge in [-0.15, -0.1) is 0 Å². The second-order valence-electron chi connectivity index (χ2n) is 5.04. The summed E-state index contributed by atoms with van der Waals surface area (Å²) in [5.74, 6) is 0. The molecule has 1 fully saturated rings. The molecule has 0 atom stereocenters. The van der Waals surface area contributed by atoms with Crippen molar-refractivity contribution in [3.05, 3.63) is 28.8 Å². The van der Waals surface area contributed by atoms with Crippen LogP contribution in [-0.4, -0.2) is 34.2 Å². The minimum absolute atomic E-state index is 0.0658. The van der Waals surface area contributed by atoms with Gasteiger partial charge in [-0.2, -0.15) is 0 Å². The maximum atomic E-state index is 12.4. The van der Waals surface area contributed by atoms with Gasteiger partial charge in [-0.25, -0.2) is 13.1 Å². The Bertz CT molecular complexity index is 572. The van der Waals surface area contributed by atoms with Crippen LogP contribution in [0.1, 0.15) is 25.3 Å². The van der Waals surface area contributed by atoms with E-state index in [9.17, 15) is 8.42 Å². The first kappa shape index (κ1) is 16.7. The van der Waals surface area contributed by atoms with Crippen molar-refractivity contribution in [3.63, 3.8) is 0 Å². The highest BCUT2D eigenvalue weighted by Crippen LogP contribution is 2.21. The molecule has 7 heteroatoms. The molecule has 2 rings (SSSR count). The van der Waals surface area contributed by atoms with Crippen LogP contribution in [0.3, 0.4) is 0 Å². The van der Waals surface area contributed by atoms with Gasteiger partial charge >= 0.3 is 0 Å². The third-order valence-corrected chi connectivity index (χ3v) is 5.31. The Morgan fingerprint density at radius 3 is 2.67 bits per heavy atom. The Labute approximate surface area is 131 Å². The van der Waals surface area contributed by atoms with Crippen molar-refractivity contribution >= 4 is 21.6 Å². The summed E-state index contributed by atoms with van der Waals surface area (Å²) < 4.78 is 32.7. The maximum Gasteiger partial charge on any atom is 0.240 e. The first-order valence-corrected chi connectivity index (χ1v) is 8.98. The predicted octanol–water partition coefficient (Wildman–Crippen LogP) is 1.91. The summed E-state index contributed by atoms with van der Waals surface area (Å²) in [6.07, 6.45) is 1.40. The van der Waals surface area contributed by atoms with E-state index in [1.165, 1.54) is 6.07 Å². The molecule has 0 spiro atoms. The van der Waals surface area contributed by atoms with Crippen molar-refractivity contribution in [2.24, 2.45) is 0 Å². The lowest BCUT2D eigenvalue weighted by Crippen LogP contribution is -2.38. The summed E-state index contributed by atoms with van der Waals surface area (Å²) in [7, 11) is -3.53. The third kappa shape index (κ3) is 4.66. The lowest BCUT2D eigenvalue weighted by molar-refractivity contribution is 0.0832. The average molecular weight is 333 g/mol. The van der Waals surface area contributed by atoms with Gasteiger partial charge in [0.1, 0.15) is 0 Å². The number of ether oxygens (including phenoxy) is 1. The monoisotopic (exact) mass is 332 g/mol. The number of halogens is 1. The van der Waals surface area contributed by atoms with E-state index in [-0.39, 0.29) is 10.9 Å². The molecule has 0 aromatic heterocycles. The molecule has 1 aliphatic heterocycles. The van der Waals surface area contributed by atoms with Crippen molar-refractivity contribution in [2.45, 2.75) is 37.2 Å². The number of rotatable bonds is 6. The van der Waals surface area contributed by atoms with Gasteiger partial charge in [0.15, 0.2) is 0 Å². The molecule has 0 unspecified atom stereocenters. The summed E-state index contributed by atoms with van der Waals surface area (Å²) >= 11 is 6.16. The van der Waals surface area contributed by atoms with Crippen LogP contribution in [0.5, 0.6) is 0 Å². The first-order chi connectivity index (χ1) is 10.0. The highest BCUT2D eigenvalue weighted by Gasteiger charge is 2.22. The first-order valence-electron chi connectivity index (χ1n) is 7.12. The number of nitrogens with one attached hydrogen (secondary N) is 2. The zero-order valence-electron chi connectivity index (χ0n) is 12.1. The largest absolute Gasteiger partial charge is 0.381 e. The quantitative estimate of drug-likeness (QED) is 0.835. The maximum absolute atomic E-state index is 12.4. The van der Waals surface area contributed by atoms with E-state index in [0.29, 0.717) is 37.6 Å². The van der Waals surface area contributed by atoms with Gasteiger partial charge in [0.2, 0.25) is 10.0 Å². The lowest BCUT2D eigenvalue weighted by Gasteiger charge is -2.23. The third-order valence-electron chi connectivity index (χ3n) is 3.44. The normalized spacial score (nSPS) is 17.0. The summed E-state index contributed by atoms with van der Waals surface area (Å²) in [6, 6.07) is 4.79. The minimum atomic E-state index is -3.53. The standard InChI is InChI=1S/C14H21ClN2O3S/c1-2-16-10-11-3-4-13(9-14(11)15)21(18,19)17-12-5-7-20-8-6-12/h3-4,9,12,16-17H,2,5-8,10H2,1H3. The van der Waals surface area contributed by atoms with Crippen LogP contribution >= 0.6 is 11.6 Å². The second kappa shape index (κ2) is 7.56. The predicted molar refractivity (Wildman–Crippen MR) is 83.0 cm³/mol.